The fourth-order valence-electron chi connectivity index (χ4n) is 0.760. The molecule has 0 N–H and O–H groups in total. The molecule has 0 aliphatic heterocycles. The lowest BCUT2D eigenvalue weighted by molar-refractivity contribution is 0.928. The Bertz CT molecular complexity index is 84.6. The summed E-state index contributed by atoms with van der Waals surface area (Å²) in [5, 5.41) is 0. The molecule has 0 unspecified atom stereocenters. The van der Waals surface area contributed by atoms with E-state index in [1.54, 1.807) is 0 Å². The summed E-state index contributed by atoms with van der Waals surface area (Å²) in [6.45, 7) is 0. The highest BCUT2D eigenvalue weighted by molar-refractivity contribution is 5.05. The van der Waals surface area contributed by atoms with Gasteiger partial charge in [0.1, 0.15) is 0 Å². The van der Waals surface area contributed by atoms with Gasteiger partial charge in [0, 0.05) is 0 Å². The molecular weight excluding hydrogens is 96.1 g/mol. The van der Waals surface area contributed by atoms with Gasteiger partial charge in [-0.2, -0.15) is 0 Å². The van der Waals surface area contributed by atoms with Gasteiger partial charge in [0.25, 0.3) is 0 Å². The van der Waals surface area contributed by atoms with Crippen molar-refractivity contribution in [3.63, 3.8) is 0 Å². The van der Waals surface area contributed by atoms with Crippen LogP contribution in [-0.4, -0.2) is 0 Å². The van der Waals surface area contributed by atoms with E-state index in [9.17, 15) is 0 Å². The molecule has 0 heteroatoms. The molecule has 0 aromatic heterocycles. The van der Waals surface area contributed by atoms with Crippen LogP contribution in [0, 0.1) is 6.42 Å². The molecule has 0 bridgehead atoms. The molecule has 0 amide bonds. The van der Waals surface area contributed by atoms with E-state index in [-0.39, 0.29) is 0 Å². The predicted molar refractivity (Wildman–Crippen MR) is 36.4 cm³/mol. The minimum Gasteiger partial charge on any atom is -0.0845 e. The summed E-state index contributed by atoms with van der Waals surface area (Å²) in [5.74, 6) is 0. The van der Waals surface area contributed by atoms with E-state index >= 15 is 0 Å². The first-order chi connectivity index (χ1) is 4.00. The number of hydrogen-bond donors (Lipinski definition) is 0. The molecule has 0 aromatic carbocycles. The molecule has 0 heterocycles. The molecule has 1 rings (SSSR count). The Morgan fingerprint density at radius 3 is 2.75 bits per heavy atom. The van der Waals surface area contributed by atoms with E-state index in [0.717, 1.165) is 6.42 Å². The second-order valence-corrected chi connectivity index (χ2v) is 1.96. The van der Waals surface area contributed by atoms with Crippen LogP contribution >= 0.6 is 0 Å². The lowest BCUT2D eigenvalue weighted by Gasteiger charge is -1.93. The van der Waals surface area contributed by atoms with Crippen LogP contribution in [0.1, 0.15) is 19.3 Å². The van der Waals surface area contributed by atoms with E-state index in [4.69, 9.17) is 0 Å². The summed E-state index contributed by atoms with van der Waals surface area (Å²) in [6, 6.07) is 0. The van der Waals surface area contributed by atoms with Gasteiger partial charge in [0.05, 0.1) is 0 Å². The van der Waals surface area contributed by atoms with E-state index in [1.165, 1.54) is 12.8 Å². The van der Waals surface area contributed by atoms with E-state index in [2.05, 4.69) is 30.7 Å². The van der Waals surface area contributed by atoms with E-state index < -0.39 is 0 Å². The van der Waals surface area contributed by atoms with Crippen LogP contribution in [0.3, 0.4) is 0 Å². The van der Waals surface area contributed by atoms with Crippen molar-refractivity contribution in [2.75, 3.05) is 0 Å². The topological polar surface area (TPSA) is 0 Å². The van der Waals surface area contributed by atoms with Crippen LogP contribution in [0.15, 0.2) is 24.3 Å². The van der Waals surface area contributed by atoms with Crippen molar-refractivity contribution >= 4 is 0 Å². The van der Waals surface area contributed by atoms with Gasteiger partial charge < -0.3 is 0 Å². The molecule has 0 nitrogen and oxygen atoms in total. The van der Waals surface area contributed by atoms with Crippen molar-refractivity contribution in [3.8, 4) is 0 Å². The maximum atomic E-state index is 2.31. The van der Waals surface area contributed by atoms with Gasteiger partial charge in [0.2, 0.25) is 0 Å². The van der Waals surface area contributed by atoms with Gasteiger partial charge in [-0.05, 0) is 25.7 Å². The van der Waals surface area contributed by atoms with Crippen LogP contribution < -0.4 is 0 Å². The number of allylic oxidation sites excluding steroid dienone is 4. The Labute approximate surface area is 50.9 Å². The zero-order valence-corrected chi connectivity index (χ0v) is 5.01. The summed E-state index contributed by atoms with van der Waals surface area (Å²) in [5.41, 5.74) is 0. The SMILES string of the molecule is [CH]1CC=CC=CCC1. The zero-order chi connectivity index (χ0) is 5.66. The third-order valence-corrected chi connectivity index (χ3v) is 1.22. The van der Waals surface area contributed by atoms with Gasteiger partial charge in [-0.15, -0.1) is 0 Å². The molecule has 0 fully saturated rings. The Hall–Kier alpha value is -0.520. The quantitative estimate of drug-likeness (QED) is 0.446. The molecule has 1 aliphatic rings. The van der Waals surface area contributed by atoms with Gasteiger partial charge in [-0.25, -0.2) is 0 Å². The molecule has 0 aromatic rings. The fraction of sp³-hybridized carbons (Fsp3) is 0.375. The summed E-state index contributed by atoms with van der Waals surface area (Å²) in [4.78, 5) is 0. The molecule has 0 saturated carbocycles. The maximum absolute atomic E-state index is 2.31. The highest BCUT2D eigenvalue weighted by Crippen LogP contribution is 2.03. The van der Waals surface area contributed by atoms with Gasteiger partial charge in [-0.3, -0.25) is 0 Å². The zero-order valence-electron chi connectivity index (χ0n) is 5.01. The van der Waals surface area contributed by atoms with Crippen molar-refractivity contribution in [2.45, 2.75) is 19.3 Å². The van der Waals surface area contributed by atoms with Crippen LogP contribution in [0.5, 0.6) is 0 Å². The monoisotopic (exact) mass is 107 g/mol. The summed E-state index contributed by atoms with van der Waals surface area (Å²) < 4.78 is 0. The Balaban J connectivity index is 2.33. The first-order valence-corrected chi connectivity index (χ1v) is 3.13. The molecule has 0 spiro atoms. The van der Waals surface area contributed by atoms with Crippen molar-refractivity contribution in [1.29, 1.82) is 0 Å². The molecule has 0 atom stereocenters. The third kappa shape index (κ3) is 1.97. The average molecular weight is 107 g/mol. The Morgan fingerprint density at radius 1 is 0.875 bits per heavy atom. The molecule has 1 aliphatic carbocycles. The van der Waals surface area contributed by atoms with Crippen LogP contribution in [0.2, 0.25) is 0 Å². The highest BCUT2D eigenvalue weighted by atomic mass is 13.9. The summed E-state index contributed by atoms with van der Waals surface area (Å²) >= 11 is 0. The minimum absolute atomic E-state index is 1.14. The van der Waals surface area contributed by atoms with Crippen molar-refractivity contribution in [1.82, 2.24) is 0 Å². The van der Waals surface area contributed by atoms with Gasteiger partial charge in [-0.1, -0.05) is 24.3 Å². The second kappa shape index (κ2) is 3.48. The summed E-state index contributed by atoms with van der Waals surface area (Å²) in [7, 11) is 0. The first kappa shape index (κ1) is 5.61. The Morgan fingerprint density at radius 2 is 1.75 bits per heavy atom. The van der Waals surface area contributed by atoms with Crippen molar-refractivity contribution in [2.24, 2.45) is 0 Å². The van der Waals surface area contributed by atoms with Crippen LogP contribution in [-0.2, 0) is 0 Å². The van der Waals surface area contributed by atoms with Crippen molar-refractivity contribution < 1.29 is 0 Å². The smallest absolute Gasteiger partial charge is 0.0316 e. The molecule has 8 heavy (non-hydrogen) atoms. The molecule has 1 radical (unpaired) electrons. The molecule has 43 valence electrons. The third-order valence-electron chi connectivity index (χ3n) is 1.22. The maximum Gasteiger partial charge on any atom is -0.0316 e. The van der Waals surface area contributed by atoms with Crippen LogP contribution in [0.4, 0.5) is 0 Å². The standard InChI is InChI=1S/C8H11/c1-2-4-6-8-7-5-3-1/h1-4,7H,5-6,8H2. The first-order valence-electron chi connectivity index (χ1n) is 3.13. The summed E-state index contributed by atoms with van der Waals surface area (Å²) in [6.07, 6.45) is 14.5. The number of hydrogen-bond acceptors (Lipinski definition) is 0. The van der Waals surface area contributed by atoms with Crippen molar-refractivity contribution in [3.05, 3.63) is 30.7 Å². The van der Waals surface area contributed by atoms with E-state index in [1.807, 2.05) is 0 Å². The Kier molecular flexibility index (Phi) is 2.44. The second-order valence-electron chi connectivity index (χ2n) is 1.96. The highest BCUT2D eigenvalue weighted by Gasteiger charge is 1.84. The average Bonchev–Trinajstić information content (AvgIpc) is 1.62. The molecular formula is C8H11. The number of rotatable bonds is 0. The predicted octanol–water partition coefficient (Wildman–Crippen LogP) is 2.49. The fourth-order valence-corrected chi connectivity index (χ4v) is 0.760. The van der Waals surface area contributed by atoms with Crippen LogP contribution in [0.25, 0.3) is 0 Å². The minimum atomic E-state index is 1.14. The van der Waals surface area contributed by atoms with E-state index in [0.29, 0.717) is 0 Å². The lowest BCUT2D eigenvalue weighted by Crippen LogP contribution is -1.75. The molecule has 0 saturated heterocycles. The normalized spacial score (nSPS) is 20.0. The van der Waals surface area contributed by atoms with Gasteiger partial charge in [0.15, 0.2) is 0 Å². The largest absolute Gasteiger partial charge is 0.0845 e. The van der Waals surface area contributed by atoms with Gasteiger partial charge >= 0.3 is 0 Å². The lowest BCUT2D eigenvalue weighted by atomic mass is 10.1.